The molecule has 4 aromatic rings. The first kappa shape index (κ1) is 17.1. The summed E-state index contributed by atoms with van der Waals surface area (Å²) in [6.45, 7) is 0.746. The van der Waals surface area contributed by atoms with Crippen LogP contribution in [0.2, 0.25) is 0 Å². The number of imidazole rings is 1. The van der Waals surface area contributed by atoms with E-state index in [4.69, 9.17) is 10.7 Å². The molecule has 0 fully saturated rings. The van der Waals surface area contributed by atoms with Crippen LogP contribution in [0.4, 0.5) is 10.3 Å². The molecule has 3 aromatic heterocycles. The molecule has 2 N–H and O–H groups in total. The maximum atomic E-state index is 13.4. The van der Waals surface area contributed by atoms with Gasteiger partial charge in [0.2, 0.25) is 5.95 Å². The third-order valence-corrected chi connectivity index (χ3v) is 4.25. The van der Waals surface area contributed by atoms with Crippen LogP contribution in [0.1, 0.15) is 5.56 Å². The second kappa shape index (κ2) is 6.77. The number of hydrogen-bond acceptors (Lipinski definition) is 5. The molecule has 0 spiro atoms. The first-order chi connectivity index (χ1) is 13.0. The molecule has 0 aliphatic heterocycles. The molecule has 0 bridgehead atoms. The summed E-state index contributed by atoms with van der Waals surface area (Å²) in [5.41, 5.74) is 10.7. The normalized spacial score (nSPS) is 11.4. The molecule has 0 saturated heterocycles. The number of pyridine rings is 1. The van der Waals surface area contributed by atoms with E-state index in [-0.39, 0.29) is 11.8 Å². The van der Waals surface area contributed by atoms with E-state index in [1.165, 1.54) is 12.1 Å². The Hall–Kier alpha value is -3.32. The van der Waals surface area contributed by atoms with E-state index in [0.29, 0.717) is 5.69 Å². The van der Waals surface area contributed by atoms with Crippen LogP contribution < -0.4 is 5.73 Å². The summed E-state index contributed by atoms with van der Waals surface area (Å²) in [5, 5.41) is 0. The molecule has 0 unspecified atom stereocenters. The molecule has 0 radical (unpaired) electrons. The molecule has 3 heterocycles. The summed E-state index contributed by atoms with van der Waals surface area (Å²) in [7, 11) is 4.03. The standard InChI is InChI=1S/C20H19FN6/c1-26(2)12-14-4-3-11-27-18(16-9-10-23-20(22)24-16)17(25-19(14)27)13-5-7-15(21)8-6-13/h3-11H,12H2,1-2H3,(H2,22,23,24). The van der Waals surface area contributed by atoms with Crippen molar-refractivity contribution < 1.29 is 4.39 Å². The van der Waals surface area contributed by atoms with Crippen LogP contribution in [-0.4, -0.2) is 38.3 Å². The molecule has 0 aliphatic rings. The molecule has 6 nitrogen and oxygen atoms in total. The minimum absolute atomic E-state index is 0.192. The molecule has 27 heavy (non-hydrogen) atoms. The van der Waals surface area contributed by atoms with Gasteiger partial charge in [-0.15, -0.1) is 0 Å². The fourth-order valence-electron chi connectivity index (χ4n) is 3.15. The number of hydrogen-bond donors (Lipinski definition) is 1. The SMILES string of the molecule is CN(C)Cc1cccn2c(-c3ccnc(N)n3)c(-c3ccc(F)cc3)nc12. The predicted octanol–water partition coefficient (Wildman–Crippen LogP) is 3.24. The largest absolute Gasteiger partial charge is 0.368 e. The molecule has 136 valence electrons. The van der Waals surface area contributed by atoms with Gasteiger partial charge in [-0.2, -0.15) is 0 Å². The van der Waals surface area contributed by atoms with Crippen molar-refractivity contribution >= 4 is 11.6 Å². The maximum Gasteiger partial charge on any atom is 0.220 e. The summed E-state index contributed by atoms with van der Waals surface area (Å²) in [5.74, 6) is -0.0967. The highest BCUT2D eigenvalue weighted by Crippen LogP contribution is 2.33. The summed E-state index contributed by atoms with van der Waals surface area (Å²) < 4.78 is 15.4. The molecule has 0 aliphatic carbocycles. The van der Waals surface area contributed by atoms with Crippen LogP contribution in [-0.2, 0) is 6.54 Å². The second-order valence-electron chi connectivity index (χ2n) is 6.58. The minimum Gasteiger partial charge on any atom is -0.368 e. The Balaban J connectivity index is 2.02. The lowest BCUT2D eigenvalue weighted by Gasteiger charge is -2.11. The highest BCUT2D eigenvalue weighted by molar-refractivity contribution is 5.81. The topological polar surface area (TPSA) is 72.3 Å². The average Bonchev–Trinajstić information content (AvgIpc) is 3.02. The highest BCUT2D eigenvalue weighted by Gasteiger charge is 2.19. The predicted molar refractivity (Wildman–Crippen MR) is 103 cm³/mol. The average molecular weight is 362 g/mol. The van der Waals surface area contributed by atoms with Crippen molar-refractivity contribution in [1.29, 1.82) is 0 Å². The number of halogens is 1. The zero-order valence-corrected chi connectivity index (χ0v) is 15.1. The van der Waals surface area contributed by atoms with Gasteiger partial charge >= 0.3 is 0 Å². The monoisotopic (exact) mass is 362 g/mol. The summed E-state index contributed by atoms with van der Waals surface area (Å²) >= 11 is 0. The Morgan fingerprint density at radius 1 is 1.07 bits per heavy atom. The van der Waals surface area contributed by atoms with E-state index in [9.17, 15) is 4.39 Å². The number of anilines is 1. The Bertz CT molecular complexity index is 1100. The van der Waals surface area contributed by atoms with E-state index in [1.54, 1.807) is 24.4 Å². The molecule has 0 amide bonds. The van der Waals surface area contributed by atoms with Crippen molar-refractivity contribution in [1.82, 2.24) is 24.3 Å². The van der Waals surface area contributed by atoms with Crippen molar-refractivity contribution in [2.45, 2.75) is 6.54 Å². The Kier molecular flexibility index (Phi) is 4.29. The van der Waals surface area contributed by atoms with Crippen LogP contribution in [0.3, 0.4) is 0 Å². The lowest BCUT2D eigenvalue weighted by molar-refractivity contribution is 0.403. The van der Waals surface area contributed by atoms with Crippen LogP contribution in [0.5, 0.6) is 0 Å². The van der Waals surface area contributed by atoms with Crippen molar-refractivity contribution in [2.24, 2.45) is 0 Å². The van der Waals surface area contributed by atoms with Gasteiger partial charge in [0.05, 0.1) is 17.1 Å². The number of nitrogen functional groups attached to an aromatic ring is 1. The van der Waals surface area contributed by atoms with Gasteiger partial charge in [0.15, 0.2) is 0 Å². The molecular weight excluding hydrogens is 343 g/mol. The quantitative estimate of drug-likeness (QED) is 0.603. The first-order valence-corrected chi connectivity index (χ1v) is 8.52. The van der Waals surface area contributed by atoms with Crippen molar-refractivity contribution in [3.8, 4) is 22.6 Å². The van der Waals surface area contributed by atoms with Gasteiger partial charge in [-0.3, -0.25) is 4.40 Å². The van der Waals surface area contributed by atoms with Crippen LogP contribution in [0.15, 0.2) is 54.9 Å². The summed E-state index contributed by atoms with van der Waals surface area (Å²) in [6, 6.07) is 12.1. The lowest BCUT2D eigenvalue weighted by Crippen LogP contribution is -2.11. The zero-order chi connectivity index (χ0) is 19.0. The Morgan fingerprint density at radius 2 is 1.85 bits per heavy atom. The zero-order valence-electron chi connectivity index (χ0n) is 15.1. The van der Waals surface area contributed by atoms with Crippen LogP contribution in [0, 0.1) is 5.82 Å². The molecular formula is C20H19FN6. The molecule has 1 aromatic carbocycles. The van der Waals surface area contributed by atoms with Gasteiger partial charge in [0, 0.05) is 30.1 Å². The van der Waals surface area contributed by atoms with E-state index < -0.39 is 0 Å². The van der Waals surface area contributed by atoms with Gasteiger partial charge in [-0.25, -0.2) is 19.3 Å². The molecule has 7 heteroatoms. The third kappa shape index (κ3) is 3.24. The Morgan fingerprint density at radius 3 is 2.56 bits per heavy atom. The van der Waals surface area contributed by atoms with Crippen molar-refractivity contribution in [3.63, 3.8) is 0 Å². The molecule has 4 rings (SSSR count). The maximum absolute atomic E-state index is 13.4. The number of benzene rings is 1. The first-order valence-electron chi connectivity index (χ1n) is 8.52. The minimum atomic E-state index is -0.288. The van der Waals surface area contributed by atoms with Gasteiger partial charge in [0.25, 0.3) is 0 Å². The smallest absolute Gasteiger partial charge is 0.220 e. The van der Waals surface area contributed by atoms with Gasteiger partial charge in [-0.1, -0.05) is 6.07 Å². The molecule has 0 atom stereocenters. The summed E-state index contributed by atoms with van der Waals surface area (Å²) in [6.07, 6.45) is 3.57. The number of fused-ring (bicyclic) bond motifs is 1. The second-order valence-corrected chi connectivity index (χ2v) is 6.58. The lowest BCUT2D eigenvalue weighted by atomic mass is 10.1. The van der Waals surface area contributed by atoms with E-state index in [2.05, 4.69) is 20.9 Å². The van der Waals surface area contributed by atoms with E-state index in [0.717, 1.165) is 34.7 Å². The third-order valence-electron chi connectivity index (χ3n) is 4.25. The fraction of sp³-hybridized carbons (Fsp3) is 0.150. The van der Waals surface area contributed by atoms with Crippen LogP contribution >= 0.6 is 0 Å². The number of aromatic nitrogens is 4. The molecule has 0 saturated carbocycles. The van der Waals surface area contributed by atoms with Gasteiger partial charge in [-0.05, 0) is 50.5 Å². The van der Waals surface area contributed by atoms with E-state index in [1.807, 2.05) is 30.8 Å². The van der Waals surface area contributed by atoms with Gasteiger partial charge in [0.1, 0.15) is 11.5 Å². The Labute approximate surface area is 156 Å². The van der Waals surface area contributed by atoms with Crippen molar-refractivity contribution in [3.05, 3.63) is 66.2 Å². The van der Waals surface area contributed by atoms with E-state index >= 15 is 0 Å². The highest BCUT2D eigenvalue weighted by atomic mass is 19.1. The fourth-order valence-corrected chi connectivity index (χ4v) is 3.15. The van der Waals surface area contributed by atoms with Crippen LogP contribution in [0.25, 0.3) is 28.3 Å². The number of rotatable bonds is 4. The number of nitrogens with zero attached hydrogens (tertiary/aromatic N) is 5. The van der Waals surface area contributed by atoms with Crippen molar-refractivity contribution in [2.75, 3.05) is 19.8 Å². The summed E-state index contributed by atoms with van der Waals surface area (Å²) in [4.78, 5) is 15.3. The van der Waals surface area contributed by atoms with Gasteiger partial charge < -0.3 is 10.6 Å². The number of nitrogens with two attached hydrogens (primary N) is 1.